The van der Waals surface area contributed by atoms with Crippen LogP contribution < -0.4 is 15.2 Å². The van der Waals surface area contributed by atoms with Gasteiger partial charge in [-0.05, 0) is 53.8 Å². The number of aryl methyl sites for hydroxylation is 1. The summed E-state index contributed by atoms with van der Waals surface area (Å²) in [4.78, 5) is 0. The number of rotatable bonds is 11. The molecule has 0 bridgehead atoms. The SMILES string of the molecule is NC(CO)(CO)CCc1ccc(OCc2cccc(OCc3ccccc3)c2)c(C(F)(F)F)c1. The molecular formula is C26H28F3NO4. The number of ether oxygens (including phenoxy) is 2. The van der Waals surface area contributed by atoms with Gasteiger partial charge in [0.25, 0.3) is 0 Å². The molecule has 0 unspecified atom stereocenters. The lowest BCUT2D eigenvalue weighted by Gasteiger charge is -2.24. The van der Waals surface area contributed by atoms with Crippen molar-refractivity contribution in [2.24, 2.45) is 5.73 Å². The van der Waals surface area contributed by atoms with E-state index < -0.39 is 30.5 Å². The second kappa shape index (κ2) is 11.4. The molecule has 0 atom stereocenters. The Kier molecular flexibility index (Phi) is 8.55. The highest BCUT2D eigenvalue weighted by Gasteiger charge is 2.35. The van der Waals surface area contributed by atoms with Crippen molar-refractivity contribution in [3.05, 3.63) is 95.1 Å². The van der Waals surface area contributed by atoms with E-state index in [1.165, 1.54) is 12.1 Å². The smallest absolute Gasteiger partial charge is 0.419 e. The predicted molar refractivity (Wildman–Crippen MR) is 122 cm³/mol. The zero-order valence-corrected chi connectivity index (χ0v) is 18.6. The lowest BCUT2D eigenvalue weighted by Crippen LogP contribution is -2.47. The summed E-state index contributed by atoms with van der Waals surface area (Å²) in [6.45, 7) is -0.622. The van der Waals surface area contributed by atoms with Crippen LogP contribution in [-0.4, -0.2) is 29.0 Å². The van der Waals surface area contributed by atoms with E-state index in [1.54, 1.807) is 24.3 Å². The van der Waals surface area contributed by atoms with Gasteiger partial charge in [0.2, 0.25) is 0 Å². The summed E-state index contributed by atoms with van der Waals surface area (Å²) in [5.74, 6) is 0.310. The van der Waals surface area contributed by atoms with Gasteiger partial charge in [-0.25, -0.2) is 0 Å². The maximum absolute atomic E-state index is 13.7. The Hall–Kier alpha value is -3.07. The molecule has 0 amide bonds. The van der Waals surface area contributed by atoms with Crippen molar-refractivity contribution < 1.29 is 32.9 Å². The van der Waals surface area contributed by atoms with Crippen LogP contribution in [0.15, 0.2) is 72.8 Å². The summed E-state index contributed by atoms with van der Waals surface area (Å²) in [6.07, 6.45) is -4.31. The highest BCUT2D eigenvalue weighted by Crippen LogP contribution is 2.37. The summed E-state index contributed by atoms with van der Waals surface area (Å²) in [6, 6.07) is 20.5. The Labute approximate surface area is 196 Å². The molecule has 0 spiro atoms. The molecule has 0 radical (unpaired) electrons. The van der Waals surface area contributed by atoms with E-state index >= 15 is 0 Å². The van der Waals surface area contributed by atoms with E-state index in [1.807, 2.05) is 30.3 Å². The van der Waals surface area contributed by atoms with Gasteiger partial charge in [0.05, 0.1) is 24.3 Å². The van der Waals surface area contributed by atoms with Crippen molar-refractivity contribution in [2.75, 3.05) is 13.2 Å². The normalized spacial score (nSPS) is 11.9. The number of aliphatic hydroxyl groups excluding tert-OH is 2. The van der Waals surface area contributed by atoms with Crippen molar-refractivity contribution >= 4 is 0 Å². The lowest BCUT2D eigenvalue weighted by molar-refractivity contribution is -0.139. The van der Waals surface area contributed by atoms with Gasteiger partial charge in [0.15, 0.2) is 0 Å². The van der Waals surface area contributed by atoms with Crippen molar-refractivity contribution in [3.8, 4) is 11.5 Å². The number of benzene rings is 3. The van der Waals surface area contributed by atoms with Crippen LogP contribution >= 0.6 is 0 Å². The van der Waals surface area contributed by atoms with Gasteiger partial charge in [-0.1, -0.05) is 48.5 Å². The molecule has 5 nitrogen and oxygen atoms in total. The van der Waals surface area contributed by atoms with Crippen LogP contribution in [-0.2, 0) is 25.8 Å². The highest BCUT2D eigenvalue weighted by molar-refractivity contribution is 5.40. The molecule has 4 N–H and O–H groups in total. The van der Waals surface area contributed by atoms with Gasteiger partial charge in [-0.15, -0.1) is 0 Å². The van der Waals surface area contributed by atoms with Gasteiger partial charge in [-0.2, -0.15) is 13.2 Å². The molecule has 0 saturated carbocycles. The van der Waals surface area contributed by atoms with Gasteiger partial charge in [-0.3, -0.25) is 0 Å². The van der Waals surface area contributed by atoms with Crippen LogP contribution in [0.1, 0.15) is 28.7 Å². The van der Waals surface area contributed by atoms with E-state index in [-0.39, 0.29) is 25.2 Å². The molecule has 0 aliphatic heterocycles. The van der Waals surface area contributed by atoms with E-state index in [0.29, 0.717) is 23.5 Å². The first kappa shape index (κ1) is 25.6. The minimum Gasteiger partial charge on any atom is -0.489 e. The minimum atomic E-state index is -4.61. The average Bonchev–Trinajstić information content (AvgIpc) is 2.85. The third-order valence-electron chi connectivity index (χ3n) is 5.43. The van der Waals surface area contributed by atoms with Crippen LogP contribution in [0.5, 0.6) is 11.5 Å². The van der Waals surface area contributed by atoms with Crippen LogP contribution in [0.3, 0.4) is 0 Å². The fourth-order valence-corrected chi connectivity index (χ4v) is 3.31. The van der Waals surface area contributed by atoms with Crippen LogP contribution in [0.4, 0.5) is 13.2 Å². The Balaban J connectivity index is 1.67. The Morgan fingerprint density at radius 3 is 2.09 bits per heavy atom. The molecule has 34 heavy (non-hydrogen) atoms. The molecule has 3 aromatic carbocycles. The first-order chi connectivity index (χ1) is 16.2. The molecule has 182 valence electrons. The quantitative estimate of drug-likeness (QED) is 0.381. The fourth-order valence-electron chi connectivity index (χ4n) is 3.31. The van der Waals surface area contributed by atoms with Gasteiger partial charge >= 0.3 is 6.18 Å². The van der Waals surface area contributed by atoms with Crippen molar-refractivity contribution in [1.82, 2.24) is 0 Å². The predicted octanol–water partition coefficient (Wildman–Crippen LogP) is 4.48. The van der Waals surface area contributed by atoms with Crippen LogP contribution in [0, 0.1) is 0 Å². The summed E-state index contributed by atoms with van der Waals surface area (Å²) in [5.41, 5.74) is 5.73. The summed E-state index contributed by atoms with van der Waals surface area (Å²) < 4.78 is 52.3. The maximum atomic E-state index is 13.7. The summed E-state index contributed by atoms with van der Waals surface area (Å²) >= 11 is 0. The number of nitrogens with two attached hydrogens (primary N) is 1. The van der Waals surface area contributed by atoms with E-state index in [9.17, 15) is 23.4 Å². The lowest BCUT2D eigenvalue weighted by atomic mass is 9.93. The first-order valence-corrected chi connectivity index (χ1v) is 10.8. The molecular weight excluding hydrogens is 447 g/mol. The maximum Gasteiger partial charge on any atom is 0.419 e. The number of alkyl halides is 3. The van der Waals surface area contributed by atoms with Gasteiger partial charge < -0.3 is 25.4 Å². The van der Waals surface area contributed by atoms with Crippen LogP contribution in [0.2, 0.25) is 0 Å². The number of hydrogen-bond acceptors (Lipinski definition) is 5. The zero-order chi connectivity index (χ0) is 24.6. The van der Waals surface area contributed by atoms with Gasteiger partial charge in [0.1, 0.15) is 24.7 Å². The molecule has 0 fully saturated rings. The zero-order valence-electron chi connectivity index (χ0n) is 18.6. The summed E-state index contributed by atoms with van der Waals surface area (Å²) in [7, 11) is 0. The van der Waals surface area contributed by atoms with E-state index in [4.69, 9.17) is 15.2 Å². The fraction of sp³-hybridized carbons (Fsp3) is 0.308. The molecule has 0 heterocycles. The average molecular weight is 476 g/mol. The Morgan fingerprint density at radius 1 is 0.735 bits per heavy atom. The first-order valence-electron chi connectivity index (χ1n) is 10.8. The van der Waals surface area contributed by atoms with Gasteiger partial charge in [0, 0.05) is 0 Å². The largest absolute Gasteiger partial charge is 0.489 e. The molecule has 0 aromatic heterocycles. The molecule has 3 aromatic rings. The number of aliphatic hydroxyl groups is 2. The molecule has 0 aliphatic carbocycles. The van der Waals surface area contributed by atoms with E-state index in [0.717, 1.165) is 11.6 Å². The van der Waals surface area contributed by atoms with Crippen molar-refractivity contribution in [3.63, 3.8) is 0 Å². The number of halogens is 3. The molecule has 3 rings (SSSR count). The van der Waals surface area contributed by atoms with Crippen molar-refractivity contribution in [1.29, 1.82) is 0 Å². The van der Waals surface area contributed by atoms with Crippen LogP contribution in [0.25, 0.3) is 0 Å². The Morgan fingerprint density at radius 2 is 1.41 bits per heavy atom. The third-order valence-corrected chi connectivity index (χ3v) is 5.43. The monoisotopic (exact) mass is 475 g/mol. The second-order valence-electron chi connectivity index (χ2n) is 8.22. The third kappa shape index (κ3) is 7.21. The van der Waals surface area contributed by atoms with E-state index in [2.05, 4.69) is 0 Å². The topological polar surface area (TPSA) is 84.9 Å². The standard InChI is InChI=1S/C26H28F3NO4/c27-26(28,29)23-14-19(11-12-25(30,17-31)18-32)9-10-24(23)34-16-21-7-4-8-22(13-21)33-15-20-5-2-1-3-6-20/h1-10,13-14,31-32H,11-12,15-18,30H2. The number of hydrogen-bond donors (Lipinski definition) is 3. The molecule has 0 aliphatic rings. The van der Waals surface area contributed by atoms with Crippen molar-refractivity contribution in [2.45, 2.75) is 37.8 Å². The molecule has 8 heteroatoms. The minimum absolute atomic E-state index is 0.0636. The highest BCUT2D eigenvalue weighted by atomic mass is 19.4. The molecule has 0 saturated heterocycles. The second-order valence-corrected chi connectivity index (χ2v) is 8.22. The summed E-state index contributed by atoms with van der Waals surface area (Å²) in [5, 5.41) is 18.6. The Bertz CT molecular complexity index is 1050.